The number of sulfone groups is 1. The Kier molecular flexibility index (Phi) is 4.76. The first-order chi connectivity index (χ1) is 14.7. The third-order valence-electron chi connectivity index (χ3n) is 6.28. The van der Waals surface area contributed by atoms with E-state index in [1.165, 1.54) is 17.7 Å². The summed E-state index contributed by atoms with van der Waals surface area (Å²) in [5.74, 6) is 0.444. The lowest BCUT2D eigenvalue weighted by Gasteiger charge is -2.44. The van der Waals surface area contributed by atoms with Crippen LogP contribution in [0.5, 0.6) is 0 Å². The summed E-state index contributed by atoms with van der Waals surface area (Å²) in [5.41, 5.74) is 0.752. The second-order valence-electron chi connectivity index (χ2n) is 8.40. The van der Waals surface area contributed by atoms with Gasteiger partial charge in [0.1, 0.15) is 10.6 Å². The maximum atomic E-state index is 13.3. The molecule has 3 heterocycles. The molecule has 1 aliphatic heterocycles. The van der Waals surface area contributed by atoms with E-state index in [1.54, 1.807) is 0 Å². The van der Waals surface area contributed by atoms with Gasteiger partial charge in [-0.25, -0.2) is 8.42 Å². The van der Waals surface area contributed by atoms with Crippen molar-refractivity contribution in [3.05, 3.63) is 46.6 Å². The summed E-state index contributed by atoms with van der Waals surface area (Å²) in [6.07, 6.45) is 3.98. The normalized spacial score (nSPS) is 24.4. The van der Waals surface area contributed by atoms with Crippen molar-refractivity contribution in [3.8, 4) is 21.9 Å². The highest BCUT2D eigenvalue weighted by atomic mass is 35.5. The van der Waals surface area contributed by atoms with Crippen LogP contribution in [0.25, 0.3) is 21.9 Å². The Labute approximate surface area is 189 Å². The molecule has 0 amide bonds. The van der Waals surface area contributed by atoms with Gasteiger partial charge in [-0.15, -0.1) is 21.5 Å². The molecule has 3 aromatic rings. The van der Waals surface area contributed by atoms with Crippen LogP contribution in [0, 0.1) is 5.41 Å². The molecule has 1 saturated heterocycles. The lowest BCUT2D eigenvalue weighted by molar-refractivity contribution is 0.439. The highest BCUT2D eigenvalue weighted by molar-refractivity contribution is 7.93. The molecule has 0 bridgehead atoms. The van der Waals surface area contributed by atoms with E-state index in [1.807, 2.05) is 37.3 Å². The van der Waals surface area contributed by atoms with Gasteiger partial charge in [0, 0.05) is 15.3 Å². The molecule has 2 N–H and O–H groups in total. The van der Waals surface area contributed by atoms with Crippen LogP contribution < -0.4 is 5.32 Å². The lowest BCUT2D eigenvalue weighted by Crippen LogP contribution is -2.65. The zero-order valence-electron chi connectivity index (χ0n) is 16.8. The summed E-state index contributed by atoms with van der Waals surface area (Å²) in [6.45, 7) is 1.82. The SMILES string of the molecule is C[C@@]1(c2sc(-c3cccc(-c4nnco4)c3)cc2Cl)CS(=O)(=O)C2(CCCC2)C(=N)N1. The minimum atomic E-state index is -3.50. The maximum absolute atomic E-state index is 13.3. The topological polar surface area (TPSA) is 109 Å². The summed E-state index contributed by atoms with van der Waals surface area (Å²) in [6, 6.07) is 9.51. The fourth-order valence-electron chi connectivity index (χ4n) is 4.72. The average molecular weight is 477 g/mol. The minimum Gasteiger partial charge on any atom is -0.423 e. The van der Waals surface area contributed by atoms with E-state index in [-0.39, 0.29) is 11.6 Å². The van der Waals surface area contributed by atoms with Crippen LogP contribution in [0.3, 0.4) is 0 Å². The van der Waals surface area contributed by atoms with Crippen LogP contribution in [-0.2, 0) is 15.4 Å². The van der Waals surface area contributed by atoms with Gasteiger partial charge in [-0.3, -0.25) is 5.41 Å². The predicted octanol–water partition coefficient (Wildman–Crippen LogP) is 4.64. The molecule has 5 rings (SSSR count). The lowest BCUT2D eigenvalue weighted by atomic mass is 9.97. The van der Waals surface area contributed by atoms with Crippen LogP contribution in [0.1, 0.15) is 37.5 Å². The largest absolute Gasteiger partial charge is 0.423 e. The van der Waals surface area contributed by atoms with E-state index in [4.69, 9.17) is 21.4 Å². The predicted molar refractivity (Wildman–Crippen MR) is 121 cm³/mol. The Balaban J connectivity index is 1.52. The highest BCUT2D eigenvalue weighted by Crippen LogP contribution is 2.47. The first-order valence-corrected chi connectivity index (χ1v) is 12.9. The number of benzene rings is 1. The Morgan fingerprint density at radius 2 is 1.97 bits per heavy atom. The van der Waals surface area contributed by atoms with Gasteiger partial charge in [-0.2, -0.15) is 0 Å². The van der Waals surface area contributed by atoms with Gasteiger partial charge < -0.3 is 9.73 Å². The monoisotopic (exact) mass is 476 g/mol. The first-order valence-electron chi connectivity index (χ1n) is 10.0. The number of hydrogen-bond acceptors (Lipinski definition) is 7. The third kappa shape index (κ3) is 3.21. The van der Waals surface area contributed by atoms with Gasteiger partial charge in [0.25, 0.3) is 0 Å². The molecule has 2 fully saturated rings. The zero-order chi connectivity index (χ0) is 21.9. The van der Waals surface area contributed by atoms with E-state index < -0.39 is 20.1 Å². The number of aromatic nitrogens is 2. The molecule has 2 aliphatic rings. The molecule has 0 unspecified atom stereocenters. The van der Waals surface area contributed by atoms with Crippen molar-refractivity contribution in [1.82, 2.24) is 15.5 Å². The van der Waals surface area contributed by atoms with Crippen LogP contribution in [-0.4, -0.2) is 35.0 Å². The van der Waals surface area contributed by atoms with E-state index >= 15 is 0 Å². The second kappa shape index (κ2) is 7.15. The first kappa shape index (κ1) is 20.7. The van der Waals surface area contributed by atoms with Gasteiger partial charge in [0.15, 0.2) is 9.84 Å². The third-order valence-corrected chi connectivity index (χ3v) is 10.9. The molecule has 7 nitrogen and oxygen atoms in total. The molecule has 1 atom stereocenters. The molecular weight excluding hydrogens is 456 g/mol. The summed E-state index contributed by atoms with van der Waals surface area (Å²) in [5, 5.41) is 20.0. The summed E-state index contributed by atoms with van der Waals surface area (Å²) in [7, 11) is -3.50. The van der Waals surface area contributed by atoms with Crippen molar-refractivity contribution in [2.75, 3.05) is 5.75 Å². The van der Waals surface area contributed by atoms with E-state index in [0.29, 0.717) is 28.6 Å². The van der Waals surface area contributed by atoms with Gasteiger partial charge in [0.05, 0.1) is 16.3 Å². The molecule has 2 aromatic heterocycles. The van der Waals surface area contributed by atoms with Crippen molar-refractivity contribution >= 4 is 38.6 Å². The molecule has 1 saturated carbocycles. The number of thiophene rings is 1. The van der Waals surface area contributed by atoms with Gasteiger partial charge >= 0.3 is 0 Å². The van der Waals surface area contributed by atoms with E-state index in [9.17, 15) is 8.42 Å². The summed E-state index contributed by atoms with van der Waals surface area (Å²) in [4.78, 5) is 1.61. The average Bonchev–Trinajstić information content (AvgIpc) is 3.47. The molecule has 1 aromatic carbocycles. The highest BCUT2D eigenvalue weighted by Gasteiger charge is 2.57. The van der Waals surface area contributed by atoms with Crippen molar-refractivity contribution in [1.29, 1.82) is 5.41 Å². The summed E-state index contributed by atoms with van der Waals surface area (Å²) >= 11 is 8.05. The molecule has 162 valence electrons. The van der Waals surface area contributed by atoms with E-state index in [2.05, 4.69) is 15.5 Å². The van der Waals surface area contributed by atoms with Crippen molar-refractivity contribution in [2.45, 2.75) is 42.9 Å². The molecule has 0 radical (unpaired) electrons. The Morgan fingerprint density at radius 3 is 2.65 bits per heavy atom. The van der Waals surface area contributed by atoms with Crippen LogP contribution >= 0.6 is 22.9 Å². The number of hydrogen-bond donors (Lipinski definition) is 2. The quantitative estimate of drug-likeness (QED) is 0.569. The molecular formula is C21H21ClN4O3S2. The number of nitrogens with one attached hydrogen (secondary N) is 2. The van der Waals surface area contributed by atoms with Gasteiger partial charge in [-0.05, 0) is 43.5 Å². The van der Waals surface area contributed by atoms with E-state index in [0.717, 1.165) is 28.8 Å². The van der Waals surface area contributed by atoms with Crippen molar-refractivity contribution < 1.29 is 12.8 Å². The second-order valence-corrected chi connectivity index (χ2v) is 12.2. The molecule has 1 aliphatic carbocycles. The standard InChI is InChI=1S/C21H21ClN4O3S2/c1-20(11-31(27,28)21(19(23)25-20)7-2-3-8-21)17-15(22)10-16(30-17)13-5-4-6-14(9-13)18-26-24-12-29-18/h4-6,9-10,12H,2-3,7-8,11H2,1H3,(H2,23,25)/t20-/m0/s1. The number of rotatable bonds is 3. The molecule has 10 heteroatoms. The fourth-order valence-corrected chi connectivity index (χ4v) is 8.98. The number of amidine groups is 1. The van der Waals surface area contributed by atoms with Gasteiger partial charge in [-0.1, -0.05) is 36.6 Å². The Bertz CT molecular complexity index is 1260. The van der Waals surface area contributed by atoms with Crippen molar-refractivity contribution in [2.24, 2.45) is 0 Å². The smallest absolute Gasteiger partial charge is 0.247 e. The van der Waals surface area contributed by atoms with Gasteiger partial charge in [0.2, 0.25) is 12.3 Å². The minimum absolute atomic E-state index is 0.0793. The van der Waals surface area contributed by atoms with Crippen molar-refractivity contribution in [3.63, 3.8) is 0 Å². The fraction of sp³-hybridized carbons (Fsp3) is 0.381. The zero-order valence-corrected chi connectivity index (χ0v) is 19.2. The Morgan fingerprint density at radius 1 is 1.23 bits per heavy atom. The van der Waals surface area contributed by atoms with Crippen LogP contribution in [0.15, 0.2) is 41.1 Å². The number of halogens is 1. The van der Waals surface area contributed by atoms with Crippen LogP contribution in [0.4, 0.5) is 0 Å². The summed E-state index contributed by atoms with van der Waals surface area (Å²) < 4.78 is 30.9. The maximum Gasteiger partial charge on any atom is 0.247 e. The molecule has 1 spiro atoms. The number of nitrogens with zero attached hydrogens (tertiary/aromatic N) is 2. The van der Waals surface area contributed by atoms with Crippen LogP contribution in [0.2, 0.25) is 5.02 Å². The molecule has 31 heavy (non-hydrogen) atoms. The Hall–Kier alpha value is -2.23.